The number of hydrogen-bond donors (Lipinski definition) is 1. The minimum atomic E-state index is -0.631. The fourth-order valence-corrected chi connectivity index (χ4v) is 3.13. The van der Waals surface area contributed by atoms with Crippen LogP contribution in [0.3, 0.4) is 0 Å². The Balaban J connectivity index is 1.69. The third-order valence-electron chi connectivity index (χ3n) is 4.67. The highest BCUT2D eigenvalue weighted by Gasteiger charge is 2.26. The van der Waals surface area contributed by atoms with Crippen molar-refractivity contribution in [2.24, 2.45) is 0 Å². The maximum Gasteiger partial charge on any atom is 0.248 e. The molecule has 150 valence electrons. The topological polar surface area (TPSA) is 93.0 Å². The van der Waals surface area contributed by atoms with Crippen molar-refractivity contribution in [2.75, 3.05) is 18.9 Å². The second-order valence-electron chi connectivity index (χ2n) is 6.75. The van der Waals surface area contributed by atoms with Gasteiger partial charge in [-0.1, -0.05) is 55.5 Å². The predicted octanol–water partition coefficient (Wildman–Crippen LogP) is 2.12. The number of para-hydroxylation sites is 1. The summed E-state index contributed by atoms with van der Waals surface area (Å²) in [4.78, 5) is 27.0. The van der Waals surface area contributed by atoms with Crippen LogP contribution in [0.2, 0.25) is 0 Å². The minimum absolute atomic E-state index is 0.0652. The molecule has 8 nitrogen and oxygen atoms in total. The molecule has 0 bridgehead atoms. The first kappa shape index (κ1) is 20.2. The molecule has 1 unspecified atom stereocenters. The number of benzene rings is 2. The number of hydrogen-bond acceptors (Lipinski definition) is 5. The molecule has 8 heteroatoms. The van der Waals surface area contributed by atoms with E-state index in [4.69, 9.17) is 0 Å². The maximum absolute atomic E-state index is 13.1. The van der Waals surface area contributed by atoms with Gasteiger partial charge in [0.05, 0.1) is 6.54 Å². The highest BCUT2D eigenvalue weighted by atomic mass is 16.2. The van der Waals surface area contributed by atoms with E-state index in [0.717, 1.165) is 23.2 Å². The summed E-state index contributed by atoms with van der Waals surface area (Å²) in [5.41, 5.74) is 2.80. The lowest BCUT2D eigenvalue weighted by Crippen LogP contribution is -2.40. The minimum Gasteiger partial charge on any atom is -0.335 e. The second-order valence-corrected chi connectivity index (χ2v) is 6.75. The Morgan fingerprint density at radius 3 is 2.52 bits per heavy atom. The van der Waals surface area contributed by atoms with E-state index >= 15 is 0 Å². The van der Waals surface area contributed by atoms with Gasteiger partial charge < -0.3 is 10.2 Å². The Kier molecular flexibility index (Phi) is 6.67. The van der Waals surface area contributed by atoms with E-state index in [1.165, 1.54) is 15.9 Å². The molecule has 0 saturated carbocycles. The van der Waals surface area contributed by atoms with Crippen LogP contribution < -0.4 is 5.32 Å². The zero-order valence-electron chi connectivity index (χ0n) is 16.5. The predicted molar refractivity (Wildman–Crippen MR) is 109 cm³/mol. The van der Waals surface area contributed by atoms with E-state index in [0.29, 0.717) is 6.42 Å². The molecule has 0 radical (unpaired) electrons. The van der Waals surface area contributed by atoms with Gasteiger partial charge >= 0.3 is 0 Å². The molecule has 0 fully saturated rings. The summed E-state index contributed by atoms with van der Waals surface area (Å²) in [5, 5.41) is 14.1. The number of likely N-dealkylation sites (N-methyl/N-ethyl adjacent to an activating group) is 1. The van der Waals surface area contributed by atoms with E-state index in [9.17, 15) is 9.59 Å². The number of nitrogens with one attached hydrogen (secondary N) is 1. The first-order valence-corrected chi connectivity index (χ1v) is 9.47. The number of rotatable bonds is 8. The van der Waals surface area contributed by atoms with Crippen molar-refractivity contribution in [1.29, 1.82) is 0 Å². The number of carbonyl (C=O) groups excluding carboxylic acids is 2. The standard InChI is InChI=1S/C21H24N6O2/c1-3-17-11-7-8-12-18(17)23-20(28)14-26(2)21(29)19(27-15-22-24-25-27)13-16-9-5-4-6-10-16/h4-12,15,19H,3,13-14H2,1-2H3,(H,23,28). The Bertz CT molecular complexity index is 943. The molecule has 0 spiro atoms. The van der Waals surface area contributed by atoms with Crippen LogP contribution in [0.4, 0.5) is 5.69 Å². The molecule has 2 aromatic carbocycles. The molecule has 0 saturated heterocycles. The van der Waals surface area contributed by atoms with Gasteiger partial charge in [-0.15, -0.1) is 5.10 Å². The highest BCUT2D eigenvalue weighted by Crippen LogP contribution is 2.17. The van der Waals surface area contributed by atoms with Gasteiger partial charge in [-0.3, -0.25) is 9.59 Å². The van der Waals surface area contributed by atoms with Crippen molar-refractivity contribution in [3.8, 4) is 0 Å². The molecule has 0 aliphatic heterocycles. The molecule has 1 atom stereocenters. The summed E-state index contributed by atoms with van der Waals surface area (Å²) >= 11 is 0. The van der Waals surface area contributed by atoms with Crippen molar-refractivity contribution in [2.45, 2.75) is 25.8 Å². The van der Waals surface area contributed by atoms with Crippen LogP contribution in [0.15, 0.2) is 60.9 Å². The lowest BCUT2D eigenvalue weighted by Gasteiger charge is -2.23. The fraction of sp³-hybridized carbons (Fsp3) is 0.286. The van der Waals surface area contributed by atoms with Crippen molar-refractivity contribution >= 4 is 17.5 Å². The van der Waals surface area contributed by atoms with Crippen molar-refractivity contribution in [3.63, 3.8) is 0 Å². The quantitative estimate of drug-likeness (QED) is 0.634. The molecule has 1 heterocycles. The van der Waals surface area contributed by atoms with Crippen LogP contribution >= 0.6 is 0 Å². The lowest BCUT2D eigenvalue weighted by atomic mass is 10.1. The fourth-order valence-electron chi connectivity index (χ4n) is 3.13. The number of nitrogens with zero attached hydrogens (tertiary/aromatic N) is 5. The summed E-state index contributed by atoms with van der Waals surface area (Å²) in [6.45, 7) is 1.96. The summed E-state index contributed by atoms with van der Waals surface area (Å²) < 4.78 is 1.43. The molecule has 29 heavy (non-hydrogen) atoms. The summed E-state index contributed by atoms with van der Waals surface area (Å²) in [5.74, 6) is -0.489. The largest absolute Gasteiger partial charge is 0.335 e. The highest BCUT2D eigenvalue weighted by molar-refractivity contribution is 5.95. The van der Waals surface area contributed by atoms with Crippen LogP contribution in [0.1, 0.15) is 24.1 Å². The maximum atomic E-state index is 13.1. The second kappa shape index (κ2) is 9.59. The number of tetrazole rings is 1. The van der Waals surface area contributed by atoms with E-state index in [1.807, 2.05) is 61.5 Å². The third-order valence-corrected chi connectivity index (χ3v) is 4.67. The number of anilines is 1. The van der Waals surface area contributed by atoms with Gasteiger partial charge in [0.2, 0.25) is 11.8 Å². The Hall–Kier alpha value is -3.55. The van der Waals surface area contributed by atoms with E-state index in [-0.39, 0.29) is 18.4 Å². The molecule has 1 aromatic heterocycles. The normalized spacial score (nSPS) is 11.7. The number of amides is 2. The molecule has 3 rings (SSSR count). The smallest absolute Gasteiger partial charge is 0.248 e. The molecule has 0 aliphatic carbocycles. The van der Waals surface area contributed by atoms with Gasteiger partial charge in [0, 0.05) is 19.2 Å². The third kappa shape index (κ3) is 5.25. The summed E-state index contributed by atoms with van der Waals surface area (Å²) in [6.07, 6.45) is 2.65. The SMILES string of the molecule is CCc1ccccc1NC(=O)CN(C)C(=O)C(Cc1ccccc1)n1cnnn1. The van der Waals surface area contributed by atoms with Gasteiger partial charge in [0.1, 0.15) is 12.4 Å². The Morgan fingerprint density at radius 2 is 1.83 bits per heavy atom. The van der Waals surface area contributed by atoms with E-state index in [1.54, 1.807) is 7.05 Å². The molecule has 0 aliphatic rings. The molecule has 2 amide bonds. The van der Waals surface area contributed by atoms with Crippen LogP contribution in [0.5, 0.6) is 0 Å². The van der Waals surface area contributed by atoms with E-state index in [2.05, 4.69) is 20.8 Å². The number of aryl methyl sites for hydroxylation is 1. The van der Waals surface area contributed by atoms with Gasteiger partial charge in [0.25, 0.3) is 0 Å². The van der Waals surface area contributed by atoms with Gasteiger partial charge in [-0.05, 0) is 34.0 Å². The van der Waals surface area contributed by atoms with Crippen LogP contribution in [-0.2, 0) is 22.4 Å². The van der Waals surface area contributed by atoms with Crippen LogP contribution in [-0.4, -0.2) is 50.5 Å². The first-order valence-electron chi connectivity index (χ1n) is 9.47. The lowest BCUT2D eigenvalue weighted by molar-refractivity contribution is -0.136. The first-order chi connectivity index (χ1) is 14.1. The molecule has 3 aromatic rings. The number of aromatic nitrogens is 4. The average molecular weight is 392 g/mol. The van der Waals surface area contributed by atoms with Gasteiger partial charge in [0.15, 0.2) is 0 Å². The van der Waals surface area contributed by atoms with Gasteiger partial charge in [-0.25, -0.2) is 4.68 Å². The zero-order valence-corrected chi connectivity index (χ0v) is 16.5. The Morgan fingerprint density at radius 1 is 1.10 bits per heavy atom. The molecule has 1 N–H and O–H groups in total. The van der Waals surface area contributed by atoms with Crippen LogP contribution in [0, 0.1) is 0 Å². The van der Waals surface area contributed by atoms with Crippen molar-refractivity contribution in [1.82, 2.24) is 25.1 Å². The molecular weight excluding hydrogens is 368 g/mol. The van der Waals surface area contributed by atoms with Crippen LogP contribution in [0.25, 0.3) is 0 Å². The van der Waals surface area contributed by atoms with Crippen molar-refractivity contribution < 1.29 is 9.59 Å². The zero-order chi connectivity index (χ0) is 20.6. The van der Waals surface area contributed by atoms with Gasteiger partial charge in [-0.2, -0.15) is 0 Å². The summed E-state index contributed by atoms with van der Waals surface area (Å²) in [6, 6.07) is 16.6. The Labute approximate surface area is 169 Å². The molecular formula is C21H24N6O2. The average Bonchev–Trinajstić information content (AvgIpc) is 3.27. The summed E-state index contributed by atoms with van der Waals surface area (Å²) in [7, 11) is 1.61. The van der Waals surface area contributed by atoms with E-state index < -0.39 is 6.04 Å². The monoisotopic (exact) mass is 392 g/mol. The number of carbonyl (C=O) groups is 2. The van der Waals surface area contributed by atoms with Crippen molar-refractivity contribution in [3.05, 3.63) is 72.1 Å².